The maximum Gasteiger partial charge on any atom is 0.338 e. The third-order valence-corrected chi connectivity index (χ3v) is 10.5. The number of carboxylic acid groups (broad SMARTS) is 1. The second-order valence-corrected chi connectivity index (χ2v) is 13.3. The van der Waals surface area contributed by atoms with Crippen molar-refractivity contribution in [2.45, 2.75) is 69.2 Å². The van der Waals surface area contributed by atoms with Gasteiger partial charge in [-0.05, 0) is 61.1 Å². The van der Waals surface area contributed by atoms with Crippen LogP contribution in [0.5, 0.6) is 5.75 Å². The number of benzene rings is 3. The summed E-state index contributed by atoms with van der Waals surface area (Å²) in [6, 6.07) is 16.7. The molecule has 0 aromatic heterocycles. The average Bonchev–Trinajstić information content (AvgIpc) is 3.08. The molecule has 0 saturated heterocycles. The Morgan fingerprint density at radius 2 is 1.76 bits per heavy atom. The number of hydrogen-bond donors (Lipinski definition) is 1. The predicted octanol–water partition coefficient (Wildman–Crippen LogP) is 7.48. The van der Waals surface area contributed by atoms with E-state index >= 15 is 0 Å². The first kappa shape index (κ1) is 30.0. The Hall–Kier alpha value is -3.43. The van der Waals surface area contributed by atoms with Gasteiger partial charge in [0.1, 0.15) is 16.5 Å². The molecule has 5 rings (SSSR count). The lowest BCUT2D eigenvalue weighted by molar-refractivity contribution is 0.0692. The smallest absolute Gasteiger partial charge is 0.338 e. The van der Waals surface area contributed by atoms with Crippen LogP contribution in [0.1, 0.15) is 68.6 Å². The molecule has 42 heavy (non-hydrogen) atoms. The quantitative estimate of drug-likeness (QED) is 0.259. The highest BCUT2D eigenvalue weighted by Gasteiger charge is 2.41. The molecule has 3 aromatic carbocycles. The normalized spacial score (nSPS) is 19.2. The lowest BCUT2D eigenvalue weighted by atomic mass is 9.83. The lowest BCUT2D eigenvalue weighted by Crippen LogP contribution is -2.46. The van der Waals surface area contributed by atoms with Crippen LogP contribution in [0.3, 0.4) is 0 Å². The fourth-order valence-corrected chi connectivity index (χ4v) is 7.86. The summed E-state index contributed by atoms with van der Waals surface area (Å²) in [7, 11) is -2.29. The number of aromatic carboxylic acids is 1. The number of ether oxygens (including phenoxy) is 1. The fraction of sp³-hybridized carbons (Fsp3) is 0.424. The number of nitrogens with zero attached hydrogens (tertiary/aromatic N) is 2. The summed E-state index contributed by atoms with van der Waals surface area (Å²) in [5.41, 5.74) is 1.70. The summed E-state index contributed by atoms with van der Waals surface area (Å²) < 4.78 is 50.9. The van der Waals surface area contributed by atoms with Crippen LogP contribution in [0.25, 0.3) is 11.1 Å². The van der Waals surface area contributed by atoms with E-state index in [-0.39, 0.29) is 16.9 Å². The minimum absolute atomic E-state index is 0.115. The van der Waals surface area contributed by atoms with Gasteiger partial charge in [-0.3, -0.25) is 0 Å². The number of likely N-dealkylation sites (N-methyl/N-ethyl adjacent to an activating group) is 1. The molecule has 1 N–H and O–H groups in total. The Labute approximate surface area is 248 Å². The summed E-state index contributed by atoms with van der Waals surface area (Å²) in [5, 5.41) is 9.59. The van der Waals surface area contributed by atoms with E-state index in [0.717, 1.165) is 56.7 Å². The minimum Gasteiger partial charge on any atom is -0.493 e. The first-order valence-corrected chi connectivity index (χ1v) is 16.3. The molecule has 0 amide bonds. The molecule has 1 saturated carbocycles. The molecule has 1 aliphatic carbocycles. The summed E-state index contributed by atoms with van der Waals surface area (Å²) in [6.45, 7) is 3.00. The van der Waals surface area contributed by atoms with Gasteiger partial charge in [-0.15, -0.1) is 0 Å². The molecule has 0 spiro atoms. The predicted molar refractivity (Wildman–Crippen MR) is 163 cm³/mol. The van der Waals surface area contributed by atoms with Crippen LogP contribution < -0.4 is 9.64 Å². The molecule has 2 aliphatic rings. The van der Waals surface area contributed by atoms with Gasteiger partial charge in [0.05, 0.1) is 17.9 Å². The number of para-hydroxylation sites is 1. The molecule has 1 aliphatic heterocycles. The Morgan fingerprint density at radius 1 is 1.02 bits per heavy atom. The number of fused-ring (bicyclic) bond motifs is 1. The number of rotatable bonds is 9. The van der Waals surface area contributed by atoms with Crippen molar-refractivity contribution in [1.82, 2.24) is 4.31 Å². The van der Waals surface area contributed by atoms with E-state index < -0.39 is 27.4 Å². The van der Waals surface area contributed by atoms with Crippen molar-refractivity contribution in [2.75, 3.05) is 25.1 Å². The Balaban J connectivity index is 1.72. The molecular formula is C33H39FN2O5S. The van der Waals surface area contributed by atoms with Crippen LogP contribution in [0.15, 0.2) is 65.6 Å². The number of unbranched alkanes of at least 4 members (excludes halogenated alkanes) is 2. The first-order valence-electron chi connectivity index (χ1n) is 14.9. The molecule has 224 valence electrons. The number of carboxylic acids is 1. The second kappa shape index (κ2) is 12.8. The fourth-order valence-electron chi connectivity index (χ4n) is 6.25. The van der Waals surface area contributed by atoms with Gasteiger partial charge in [-0.1, -0.05) is 63.3 Å². The van der Waals surface area contributed by atoms with E-state index in [9.17, 15) is 22.7 Å². The van der Waals surface area contributed by atoms with Crippen molar-refractivity contribution in [3.8, 4) is 16.9 Å². The number of anilines is 2. The van der Waals surface area contributed by atoms with Crippen molar-refractivity contribution in [3.63, 3.8) is 0 Å². The standard InChI is InChI=1S/C33H39FN2O5S/c1-3-4-11-18-41-31-21-29-32(20-26(31)24-16-17-28(34)27(19-24)33(37)38)42(39,40)35(2)30(23-12-7-5-8-13-23)22-36(29)25-14-9-6-10-15-25/h6,9-10,14-17,19-21,23,30H,3-5,7-8,11-13,18,22H2,1-2H3,(H,37,38)/t30-/m0/s1. The van der Waals surface area contributed by atoms with Crippen LogP contribution in [0.4, 0.5) is 15.8 Å². The van der Waals surface area contributed by atoms with Gasteiger partial charge in [0, 0.05) is 37.0 Å². The molecule has 1 heterocycles. The van der Waals surface area contributed by atoms with Gasteiger partial charge in [0.25, 0.3) is 0 Å². The first-order chi connectivity index (χ1) is 20.2. The van der Waals surface area contributed by atoms with Crippen LogP contribution in [0.2, 0.25) is 0 Å². The highest BCUT2D eigenvalue weighted by Crippen LogP contribution is 2.45. The van der Waals surface area contributed by atoms with Crippen molar-refractivity contribution in [2.24, 2.45) is 5.92 Å². The molecule has 0 radical (unpaired) electrons. The number of hydrogen-bond acceptors (Lipinski definition) is 5. The van der Waals surface area contributed by atoms with Crippen LogP contribution in [0, 0.1) is 11.7 Å². The maximum atomic E-state index is 14.4. The van der Waals surface area contributed by atoms with E-state index in [1.165, 1.54) is 22.9 Å². The Kier molecular flexibility index (Phi) is 9.18. The second-order valence-electron chi connectivity index (χ2n) is 11.3. The van der Waals surface area contributed by atoms with E-state index in [2.05, 4.69) is 11.8 Å². The van der Waals surface area contributed by atoms with Gasteiger partial charge in [-0.2, -0.15) is 4.31 Å². The van der Waals surface area contributed by atoms with Gasteiger partial charge < -0.3 is 14.7 Å². The summed E-state index contributed by atoms with van der Waals surface area (Å²) in [6.07, 6.45) is 8.09. The van der Waals surface area contributed by atoms with E-state index in [4.69, 9.17) is 4.74 Å². The van der Waals surface area contributed by atoms with Crippen LogP contribution in [-0.2, 0) is 10.0 Å². The summed E-state index contributed by atoms with van der Waals surface area (Å²) >= 11 is 0. The Bertz CT molecular complexity index is 1520. The van der Waals surface area contributed by atoms with Gasteiger partial charge in [-0.25, -0.2) is 17.6 Å². The molecule has 3 aromatic rings. The van der Waals surface area contributed by atoms with E-state index in [0.29, 0.717) is 35.7 Å². The number of halogens is 1. The zero-order valence-corrected chi connectivity index (χ0v) is 25.1. The van der Waals surface area contributed by atoms with Crippen LogP contribution in [-0.4, -0.2) is 50.0 Å². The lowest BCUT2D eigenvalue weighted by Gasteiger charge is -2.36. The van der Waals surface area contributed by atoms with E-state index in [1.807, 2.05) is 30.3 Å². The van der Waals surface area contributed by atoms with Crippen molar-refractivity contribution in [1.29, 1.82) is 0 Å². The molecule has 0 bridgehead atoms. The third kappa shape index (κ3) is 6.03. The third-order valence-electron chi connectivity index (χ3n) is 8.62. The number of carbonyl (C=O) groups is 1. The van der Waals surface area contributed by atoms with Crippen LogP contribution >= 0.6 is 0 Å². The zero-order valence-electron chi connectivity index (χ0n) is 24.3. The van der Waals surface area contributed by atoms with Crippen molar-refractivity contribution in [3.05, 3.63) is 72.0 Å². The molecule has 7 nitrogen and oxygen atoms in total. The SMILES string of the molecule is CCCCCOc1cc2c(cc1-c1ccc(F)c(C(=O)O)c1)S(=O)(=O)N(C)[C@H](C1CCCCC1)CN2c1ccccc1. The van der Waals surface area contributed by atoms with Crippen molar-refractivity contribution < 1.29 is 27.4 Å². The van der Waals surface area contributed by atoms with E-state index in [1.54, 1.807) is 19.2 Å². The average molecular weight is 595 g/mol. The van der Waals surface area contributed by atoms with Gasteiger partial charge >= 0.3 is 5.97 Å². The summed E-state index contributed by atoms with van der Waals surface area (Å²) in [5.74, 6) is -1.59. The zero-order chi connectivity index (χ0) is 29.9. The topological polar surface area (TPSA) is 87.1 Å². The monoisotopic (exact) mass is 594 g/mol. The molecular weight excluding hydrogens is 555 g/mol. The highest BCUT2D eigenvalue weighted by molar-refractivity contribution is 7.89. The maximum absolute atomic E-state index is 14.4. The summed E-state index contributed by atoms with van der Waals surface area (Å²) in [4.78, 5) is 14.0. The number of sulfonamides is 1. The Morgan fingerprint density at radius 3 is 2.45 bits per heavy atom. The highest BCUT2D eigenvalue weighted by atomic mass is 32.2. The molecule has 1 atom stereocenters. The minimum atomic E-state index is -3.96. The molecule has 0 unspecified atom stereocenters. The molecule has 1 fully saturated rings. The molecule has 9 heteroatoms. The largest absolute Gasteiger partial charge is 0.493 e. The van der Waals surface area contributed by atoms with Gasteiger partial charge in [0.2, 0.25) is 10.0 Å². The van der Waals surface area contributed by atoms with Gasteiger partial charge in [0.15, 0.2) is 0 Å². The van der Waals surface area contributed by atoms with Crippen molar-refractivity contribution >= 4 is 27.4 Å².